The molecule has 0 amide bonds. The van der Waals surface area contributed by atoms with Crippen LogP contribution in [0.3, 0.4) is 0 Å². The quantitative estimate of drug-likeness (QED) is 0.427. The fourth-order valence-corrected chi connectivity index (χ4v) is 1.26. The highest BCUT2D eigenvalue weighted by atomic mass is 35.5. The molecule has 0 saturated carbocycles. The molecule has 0 heterocycles. The zero-order valence-electron chi connectivity index (χ0n) is 10.6. The van der Waals surface area contributed by atoms with Gasteiger partial charge in [-0.05, 0) is 25.3 Å². The third-order valence-electron chi connectivity index (χ3n) is 2.13. The molecule has 0 aromatic rings. The average molecular weight is 252 g/mol. The third-order valence-corrected chi connectivity index (χ3v) is 2.28. The molecule has 1 N–H and O–H groups in total. The largest absolute Gasteiger partial charge is 0.380 e. The van der Waals surface area contributed by atoms with Crippen molar-refractivity contribution in [3.05, 3.63) is 0 Å². The molecule has 0 fully saturated rings. The molecule has 0 radical (unpaired) electrons. The van der Waals surface area contributed by atoms with Gasteiger partial charge in [0.05, 0.1) is 13.2 Å². The lowest BCUT2D eigenvalue weighted by Crippen LogP contribution is -2.22. The van der Waals surface area contributed by atoms with Crippen molar-refractivity contribution in [1.29, 1.82) is 0 Å². The van der Waals surface area contributed by atoms with Crippen molar-refractivity contribution in [2.45, 2.75) is 26.7 Å². The molecule has 16 heavy (non-hydrogen) atoms. The summed E-state index contributed by atoms with van der Waals surface area (Å²) in [6.45, 7) is 9.44. The lowest BCUT2D eigenvalue weighted by Gasteiger charge is -2.07. The van der Waals surface area contributed by atoms with E-state index in [1.807, 2.05) is 0 Å². The van der Waals surface area contributed by atoms with Gasteiger partial charge in [-0.3, -0.25) is 0 Å². The van der Waals surface area contributed by atoms with Gasteiger partial charge in [0.15, 0.2) is 0 Å². The lowest BCUT2D eigenvalue weighted by molar-refractivity contribution is 0.122. The molecule has 0 rings (SSSR count). The van der Waals surface area contributed by atoms with Gasteiger partial charge >= 0.3 is 0 Å². The molecule has 0 aromatic carbocycles. The van der Waals surface area contributed by atoms with E-state index in [9.17, 15) is 0 Å². The molecule has 4 heteroatoms. The highest BCUT2D eigenvalue weighted by Crippen LogP contribution is 1.98. The normalized spacial score (nSPS) is 11.2. The van der Waals surface area contributed by atoms with Crippen LogP contribution < -0.4 is 5.32 Å². The number of ether oxygens (including phenoxy) is 2. The summed E-state index contributed by atoms with van der Waals surface area (Å²) in [4.78, 5) is 0. The Hall–Kier alpha value is 0.170. The predicted octanol–water partition coefficient (Wildman–Crippen LogP) is 2.28. The van der Waals surface area contributed by atoms with Crippen molar-refractivity contribution in [1.82, 2.24) is 5.32 Å². The van der Waals surface area contributed by atoms with Gasteiger partial charge in [-0.1, -0.05) is 13.8 Å². The Morgan fingerprint density at radius 2 is 1.75 bits per heavy atom. The van der Waals surface area contributed by atoms with Gasteiger partial charge in [-0.2, -0.15) is 0 Å². The molecule has 0 atom stereocenters. The van der Waals surface area contributed by atoms with Crippen LogP contribution in [0.4, 0.5) is 0 Å². The SMILES string of the molecule is CC(C)CCOCCNCCCOCCCl. The Morgan fingerprint density at radius 3 is 2.44 bits per heavy atom. The van der Waals surface area contributed by atoms with Crippen LogP contribution in [0.15, 0.2) is 0 Å². The molecule has 0 unspecified atom stereocenters. The molecule has 0 saturated heterocycles. The standard InChI is InChI=1S/C12H26ClNO2/c1-12(2)4-9-16-11-7-14-6-3-8-15-10-5-13/h12,14H,3-11H2,1-2H3. The number of alkyl halides is 1. The smallest absolute Gasteiger partial charge is 0.0601 e. The van der Waals surface area contributed by atoms with E-state index in [2.05, 4.69) is 19.2 Å². The Morgan fingerprint density at radius 1 is 1.00 bits per heavy atom. The number of halogens is 1. The first-order valence-electron chi connectivity index (χ1n) is 6.19. The summed E-state index contributed by atoms with van der Waals surface area (Å²) in [5, 5.41) is 3.31. The van der Waals surface area contributed by atoms with Crippen LogP contribution in [0.25, 0.3) is 0 Å². The highest BCUT2D eigenvalue weighted by Gasteiger charge is 1.94. The maximum atomic E-state index is 5.48. The first-order valence-corrected chi connectivity index (χ1v) is 6.73. The van der Waals surface area contributed by atoms with Crippen LogP contribution in [0, 0.1) is 5.92 Å². The summed E-state index contributed by atoms with van der Waals surface area (Å²) in [5.74, 6) is 1.31. The van der Waals surface area contributed by atoms with E-state index in [-0.39, 0.29) is 0 Å². The molecule has 98 valence electrons. The minimum Gasteiger partial charge on any atom is -0.380 e. The molecule has 0 aliphatic heterocycles. The summed E-state index contributed by atoms with van der Waals surface area (Å²) < 4.78 is 10.7. The maximum Gasteiger partial charge on any atom is 0.0601 e. The van der Waals surface area contributed by atoms with E-state index >= 15 is 0 Å². The van der Waals surface area contributed by atoms with Gasteiger partial charge in [-0.25, -0.2) is 0 Å². The average Bonchev–Trinajstić information content (AvgIpc) is 2.25. The molecular weight excluding hydrogens is 226 g/mol. The van der Waals surface area contributed by atoms with Gasteiger partial charge in [0.1, 0.15) is 0 Å². The van der Waals surface area contributed by atoms with E-state index in [0.717, 1.165) is 51.7 Å². The van der Waals surface area contributed by atoms with E-state index in [1.54, 1.807) is 0 Å². The van der Waals surface area contributed by atoms with E-state index < -0.39 is 0 Å². The lowest BCUT2D eigenvalue weighted by atomic mass is 10.1. The second-order valence-corrected chi connectivity index (χ2v) is 4.58. The zero-order chi connectivity index (χ0) is 12.1. The molecule has 0 spiro atoms. The van der Waals surface area contributed by atoms with Crippen LogP contribution in [-0.2, 0) is 9.47 Å². The molecule has 0 aliphatic rings. The van der Waals surface area contributed by atoms with Crippen molar-refractivity contribution in [2.24, 2.45) is 5.92 Å². The summed E-state index contributed by atoms with van der Waals surface area (Å²) in [6, 6.07) is 0. The number of hydrogen-bond donors (Lipinski definition) is 1. The minimum absolute atomic E-state index is 0.580. The molecular formula is C12H26ClNO2. The summed E-state index contributed by atoms with van der Waals surface area (Å²) in [7, 11) is 0. The van der Waals surface area contributed by atoms with E-state index in [1.165, 1.54) is 0 Å². The van der Waals surface area contributed by atoms with Gasteiger partial charge in [-0.15, -0.1) is 11.6 Å². The fraction of sp³-hybridized carbons (Fsp3) is 1.00. The van der Waals surface area contributed by atoms with Gasteiger partial charge < -0.3 is 14.8 Å². The molecule has 0 aliphatic carbocycles. The topological polar surface area (TPSA) is 30.5 Å². The van der Waals surface area contributed by atoms with Gasteiger partial charge in [0, 0.05) is 25.6 Å². The second kappa shape index (κ2) is 13.2. The first-order chi connectivity index (χ1) is 7.77. The van der Waals surface area contributed by atoms with Gasteiger partial charge in [0.25, 0.3) is 0 Å². The predicted molar refractivity (Wildman–Crippen MR) is 69.3 cm³/mol. The van der Waals surface area contributed by atoms with Crippen LogP contribution in [0.1, 0.15) is 26.7 Å². The summed E-state index contributed by atoms with van der Waals surface area (Å²) >= 11 is 5.48. The fourth-order valence-electron chi connectivity index (χ4n) is 1.15. The van der Waals surface area contributed by atoms with Crippen molar-refractivity contribution in [3.63, 3.8) is 0 Å². The van der Waals surface area contributed by atoms with Crippen LogP contribution in [0.5, 0.6) is 0 Å². The Balaban J connectivity index is 2.88. The summed E-state index contributed by atoms with van der Waals surface area (Å²) in [5.41, 5.74) is 0. The van der Waals surface area contributed by atoms with Crippen molar-refractivity contribution in [2.75, 3.05) is 45.4 Å². The van der Waals surface area contributed by atoms with Gasteiger partial charge in [0.2, 0.25) is 0 Å². The van der Waals surface area contributed by atoms with E-state index in [4.69, 9.17) is 21.1 Å². The number of nitrogens with one attached hydrogen (secondary N) is 1. The Kier molecular flexibility index (Phi) is 13.4. The first kappa shape index (κ1) is 16.2. The third kappa shape index (κ3) is 14.2. The molecule has 0 aromatic heterocycles. The van der Waals surface area contributed by atoms with Crippen molar-refractivity contribution < 1.29 is 9.47 Å². The number of rotatable bonds is 12. The van der Waals surface area contributed by atoms with Crippen molar-refractivity contribution in [3.8, 4) is 0 Å². The molecule has 3 nitrogen and oxygen atoms in total. The zero-order valence-corrected chi connectivity index (χ0v) is 11.4. The Bertz CT molecular complexity index is 134. The van der Waals surface area contributed by atoms with Crippen LogP contribution in [0.2, 0.25) is 0 Å². The van der Waals surface area contributed by atoms with E-state index in [0.29, 0.717) is 12.5 Å². The van der Waals surface area contributed by atoms with Crippen LogP contribution >= 0.6 is 11.6 Å². The maximum absolute atomic E-state index is 5.48. The van der Waals surface area contributed by atoms with Crippen LogP contribution in [-0.4, -0.2) is 45.4 Å². The number of hydrogen-bond acceptors (Lipinski definition) is 3. The monoisotopic (exact) mass is 251 g/mol. The van der Waals surface area contributed by atoms with Crippen molar-refractivity contribution >= 4 is 11.6 Å². The summed E-state index contributed by atoms with van der Waals surface area (Å²) in [6.07, 6.45) is 2.18. The second-order valence-electron chi connectivity index (χ2n) is 4.20. The molecule has 0 bridgehead atoms. The Labute approximate surface area is 105 Å². The minimum atomic E-state index is 0.580. The highest BCUT2D eigenvalue weighted by molar-refractivity contribution is 6.17.